The largest absolute Gasteiger partial charge is 0.367 e. The fraction of sp³-hybridized carbons (Fsp3) is 0.636. The summed E-state index contributed by atoms with van der Waals surface area (Å²) in [5.41, 5.74) is 2.11. The molecule has 1 fully saturated rings. The first-order valence-electron chi connectivity index (χ1n) is 5.48. The third-order valence-electron chi connectivity index (χ3n) is 3.25. The SMILES string of the molecule is CC1(c2ncc3c(n2)CNC3)CCCO1. The fourth-order valence-corrected chi connectivity index (χ4v) is 2.27. The van der Waals surface area contributed by atoms with Crippen molar-refractivity contribution >= 4 is 0 Å². The minimum atomic E-state index is -0.252. The molecule has 3 rings (SSSR count). The molecule has 4 nitrogen and oxygen atoms in total. The quantitative estimate of drug-likeness (QED) is 0.746. The second-order valence-electron chi connectivity index (χ2n) is 4.45. The lowest BCUT2D eigenvalue weighted by Gasteiger charge is -2.21. The van der Waals surface area contributed by atoms with Crippen molar-refractivity contribution in [3.05, 3.63) is 23.3 Å². The number of nitrogens with zero attached hydrogens (tertiary/aromatic N) is 2. The molecule has 15 heavy (non-hydrogen) atoms. The molecule has 0 amide bonds. The molecule has 2 aliphatic rings. The van der Waals surface area contributed by atoms with Gasteiger partial charge in [-0.1, -0.05) is 0 Å². The maximum atomic E-state index is 5.74. The highest BCUT2D eigenvalue weighted by molar-refractivity contribution is 5.22. The van der Waals surface area contributed by atoms with Gasteiger partial charge in [0.15, 0.2) is 5.82 Å². The molecule has 0 saturated carbocycles. The molecule has 1 aromatic rings. The van der Waals surface area contributed by atoms with Gasteiger partial charge in [-0.25, -0.2) is 9.97 Å². The highest BCUT2D eigenvalue weighted by Gasteiger charge is 2.35. The van der Waals surface area contributed by atoms with E-state index in [0.717, 1.165) is 44.1 Å². The van der Waals surface area contributed by atoms with Gasteiger partial charge in [-0.2, -0.15) is 0 Å². The first-order valence-corrected chi connectivity index (χ1v) is 5.48. The summed E-state index contributed by atoms with van der Waals surface area (Å²) in [6, 6.07) is 0. The van der Waals surface area contributed by atoms with Crippen LogP contribution in [-0.2, 0) is 23.4 Å². The third-order valence-corrected chi connectivity index (χ3v) is 3.25. The van der Waals surface area contributed by atoms with Crippen molar-refractivity contribution in [3.63, 3.8) is 0 Å². The van der Waals surface area contributed by atoms with Crippen molar-refractivity contribution in [2.45, 2.75) is 38.5 Å². The fourth-order valence-electron chi connectivity index (χ4n) is 2.27. The summed E-state index contributed by atoms with van der Waals surface area (Å²) in [4.78, 5) is 9.04. The van der Waals surface area contributed by atoms with Crippen LogP contribution in [0, 0.1) is 0 Å². The van der Waals surface area contributed by atoms with E-state index in [4.69, 9.17) is 4.74 Å². The number of ether oxygens (including phenoxy) is 1. The van der Waals surface area contributed by atoms with Crippen molar-refractivity contribution in [2.24, 2.45) is 0 Å². The molecule has 1 N–H and O–H groups in total. The van der Waals surface area contributed by atoms with Crippen LogP contribution in [0.15, 0.2) is 6.20 Å². The Bertz CT molecular complexity index is 385. The Morgan fingerprint density at radius 3 is 3.20 bits per heavy atom. The molecule has 1 saturated heterocycles. The summed E-state index contributed by atoms with van der Waals surface area (Å²) < 4.78 is 5.74. The number of hydrogen-bond donors (Lipinski definition) is 1. The Balaban J connectivity index is 1.98. The Labute approximate surface area is 89.1 Å². The first kappa shape index (κ1) is 9.24. The summed E-state index contributed by atoms with van der Waals surface area (Å²) in [5, 5.41) is 3.27. The lowest BCUT2D eigenvalue weighted by atomic mass is 10.0. The summed E-state index contributed by atoms with van der Waals surface area (Å²) in [5.74, 6) is 0.849. The van der Waals surface area contributed by atoms with Crippen LogP contribution < -0.4 is 5.32 Å². The molecule has 80 valence electrons. The Hall–Kier alpha value is -1.00. The van der Waals surface area contributed by atoms with Crippen LogP contribution in [0.4, 0.5) is 0 Å². The van der Waals surface area contributed by atoms with E-state index in [0.29, 0.717) is 0 Å². The van der Waals surface area contributed by atoms with Crippen LogP contribution in [0.5, 0.6) is 0 Å². The maximum absolute atomic E-state index is 5.74. The van der Waals surface area contributed by atoms with Gasteiger partial charge in [0.2, 0.25) is 0 Å². The van der Waals surface area contributed by atoms with Gasteiger partial charge in [-0.3, -0.25) is 0 Å². The van der Waals surface area contributed by atoms with Gasteiger partial charge in [0, 0.05) is 31.5 Å². The van der Waals surface area contributed by atoms with Crippen molar-refractivity contribution < 1.29 is 4.74 Å². The lowest BCUT2D eigenvalue weighted by molar-refractivity contribution is 0.00915. The number of nitrogens with one attached hydrogen (secondary N) is 1. The molecule has 2 aliphatic heterocycles. The van der Waals surface area contributed by atoms with E-state index in [2.05, 4.69) is 22.2 Å². The van der Waals surface area contributed by atoms with E-state index in [1.807, 2.05) is 6.20 Å². The van der Waals surface area contributed by atoms with Crippen LogP contribution in [0.3, 0.4) is 0 Å². The van der Waals surface area contributed by atoms with Crippen molar-refractivity contribution in [3.8, 4) is 0 Å². The van der Waals surface area contributed by atoms with E-state index >= 15 is 0 Å². The van der Waals surface area contributed by atoms with Crippen molar-refractivity contribution in [1.29, 1.82) is 0 Å². The number of hydrogen-bond acceptors (Lipinski definition) is 4. The second-order valence-corrected chi connectivity index (χ2v) is 4.45. The molecule has 1 unspecified atom stereocenters. The molecule has 0 spiro atoms. The van der Waals surface area contributed by atoms with Crippen LogP contribution in [0.2, 0.25) is 0 Å². The Morgan fingerprint density at radius 1 is 1.47 bits per heavy atom. The summed E-state index contributed by atoms with van der Waals surface area (Å²) >= 11 is 0. The molecular weight excluding hydrogens is 190 g/mol. The smallest absolute Gasteiger partial charge is 0.160 e. The summed E-state index contributed by atoms with van der Waals surface area (Å²) in [6.45, 7) is 4.67. The van der Waals surface area contributed by atoms with Crippen molar-refractivity contribution in [2.75, 3.05) is 6.61 Å². The van der Waals surface area contributed by atoms with E-state index in [1.165, 1.54) is 5.56 Å². The molecule has 3 heterocycles. The zero-order valence-electron chi connectivity index (χ0n) is 8.92. The second kappa shape index (κ2) is 3.25. The standard InChI is InChI=1S/C11H15N3O/c1-11(3-2-4-15-11)10-13-6-8-5-12-7-9(8)14-10/h6,12H,2-5,7H2,1H3. The van der Waals surface area contributed by atoms with Crippen LogP contribution >= 0.6 is 0 Å². The normalized spacial score (nSPS) is 29.4. The number of fused-ring (bicyclic) bond motifs is 1. The van der Waals surface area contributed by atoms with Crippen LogP contribution in [0.25, 0.3) is 0 Å². The van der Waals surface area contributed by atoms with Gasteiger partial charge in [-0.15, -0.1) is 0 Å². The predicted octanol–water partition coefficient (Wildman–Crippen LogP) is 1.11. The molecule has 0 bridgehead atoms. The zero-order valence-corrected chi connectivity index (χ0v) is 8.92. The molecule has 0 aliphatic carbocycles. The first-order chi connectivity index (χ1) is 7.28. The van der Waals surface area contributed by atoms with Gasteiger partial charge in [0.1, 0.15) is 5.60 Å². The van der Waals surface area contributed by atoms with Gasteiger partial charge < -0.3 is 10.1 Å². The summed E-state index contributed by atoms with van der Waals surface area (Å²) in [7, 11) is 0. The van der Waals surface area contributed by atoms with E-state index in [-0.39, 0.29) is 5.60 Å². The van der Waals surface area contributed by atoms with Gasteiger partial charge in [0.25, 0.3) is 0 Å². The van der Waals surface area contributed by atoms with Crippen LogP contribution in [0.1, 0.15) is 36.8 Å². The predicted molar refractivity (Wildman–Crippen MR) is 55.1 cm³/mol. The Kier molecular flexibility index (Phi) is 2.00. The zero-order chi connectivity index (χ0) is 10.3. The van der Waals surface area contributed by atoms with Gasteiger partial charge in [-0.05, 0) is 19.8 Å². The highest BCUT2D eigenvalue weighted by Crippen LogP contribution is 2.33. The average molecular weight is 205 g/mol. The minimum Gasteiger partial charge on any atom is -0.367 e. The third kappa shape index (κ3) is 1.44. The molecule has 1 atom stereocenters. The van der Waals surface area contributed by atoms with E-state index in [1.54, 1.807) is 0 Å². The minimum absolute atomic E-state index is 0.252. The molecular formula is C11H15N3O. The monoisotopic (exact) mass is 205 g/mol. The molecule has 0 radical (unpaired) electrons. The molecule has 0 aromatic carbocycles. The summed E-state index contributed by atoms with van der Waals surface area (Å²) in [6.07, 6.45) is 4.07. The molecule has 1 aromatic heterocycles. The lowest BCUT2D eigenvalue weighted by Crippen LogP contribution is -2.24. The Morgan fingerprint density at radius 2 is 2.40 bits per heavy atom. The number of aromatic nitrogens is 2. The number of rotatable bonds is 1. The highest BCUT2D eigenvalue weighted by atomic mass is 16.5. The average Bonchev–Trinajstić information content (AvgIpc) is 2.85. The molecule has 4 heteroatoms. The van der Waals surface area contributed by atoms with Gasteiger partial charge >= 0.3 is 0 Å². The maximum Gasteiger partial charge on any atom is 0.160 e. The topological polar surface area (TPSA) is 47.0 Å². The van der Waals surface area contributed by atoms with Gasteiger partial charge in [0.05, 0.1) is 5.69 Å². The van der Waals surface area contributed by atoms with Crippen molar-refractivity contribution in [1.82, 2.24) is 15.3 Å². The van der Waals surface area contributed by atoms with Crippen LogP contribution in [-0.4, -0.2) is 16.6 Å². The van der Waals surface area contributed by atoms with E-state index < -0.39 is 0 Å². The van der Waals surface area contributed by atoms with E-state index in [9.17, 15) is 0 Å².